The highest BCUT2D eigenvalue weighted by molar-refractivity contribution is 6.04. The molecule has 2 aromatic heterocycles. The molecular formula is C13H9FN4O2. The van der Waals surface area contributed by atoms with E-state index in [9.17, 15) is 14.0 Å². The molecule has 0 aliphatic rings. The van der Waals surface area contributed by atoms with Crippen molar-refractivity contribution in [3.05, 3.63) is 58.5 Å². The van der Waals surface area contributed by atoms with Crippen LogP contribution in [0.2, 0.25) is 0 Å². The monoisotopic (exact) mass is 272 g/mol. The number of amides is 1. The van der Waals surface area contributed by atoms with Gasteiger partial charge in [0.2, 0.25) is 5.95 Å². The molecule has 100 valence electrons. The SMILES string of the molecule is O=C(Nc1ccc2[nH]c(=O)[nH]c2c1)c1ccc(F)nc1. The van der Waals surface area contributed by atoms with E-state index in [1.165, 1.54) is 6.07 Å². The number of benzene rings is 1. The van der Waals surface area contributed by atoms with Gasteiger partial charge in [-0.3, -0.25) is 4.79 Å². The first-order valence-electron chi connectivity index (χ1n) is 5.77. The first kappa shape index (κ1) is 12.1. The molecule has 0 fully saturated rings. The zero-order valence-corrected chi connectivity index (χ0v) is 10.1. The standard InChI is InChI=1S/C13H9FN4O2/c14-11-4-1-7(6-15-11)12(19)16-8-2-3-9-10(5-8)18-13(20)17-9/h1-6H,(H,16,19)(H2,17,18,20). The van der Waals surface area contributed by atoms with E-state index in [-0.39, 0.29) is 11.3 Å². The third kappa shape index (κ3) is 2.28. The van der Waals surface area contributed by atoms with E-state index in [0.29, 0.717) is 16.7 Å². The van der Waals surface area contributed by atoms with Crippen molar-refractivity contribution in [1.29, 1.82) is 0 Å². The van der Waals surface area contributed by atoms with Gasteiger partial charge in [-0.2, -0.15) is 4.39 Å². The van der Waals surface area contributed by atoms with E-state index in [4.69, 9.17) is 0 Å². The van der Waals surface area contributed by atoms with Gasteiger partial charge in [-0.25, -0.2) is 9.78 Å². The summed E-state index contributed by atoms with van der Waals surface area (Å²) < 4.78 is 12.7. The molecule has 7 heteroatoms. The number of nitrogens with one attached hydrogen (secondary N) is 3. The van der Waals surface area contributed by atoms with Crippen LogP contribution in [0, 0.1) is 5.95 Å². The summed E-state index contributed by atoms with van der Waals surface area (Å²) in [6.07, 6.45) is 1.15. The predicted molar refractivity (Wildman–Crippen MR) is 71.1 cm³/mol. The molecule has 1 amide bonds. The van der Waals surface area contributed by atoms with E-state index in [1.807, 2.05) is 0 Å². The topological polar surface area (TPSA) is 90.6 Å². The number of aromatic nitrogens is 3. The lowest BCUT2D eigenvalue weighted by Gasteiger charge is -2.04. The van der Waals surface area contributed by atoms with Crippen LogP contribution in [0.5, 0.6) is 0 Å². The molecule has 0 saturated heterocycles. The molecule has 6 nitrogen and oxygen atoms in total. The van der Waals surface area contributed by atoms with Crippen molar-refractivity contribution >= 4 is 22.6 Å². The van der Waals surface area contributed by atoms with Crippen molar-refractivity contribution in [3.8, 4) is 0 Å². The van der Waals surface area contributed by atoms with Gasteiger partial charge in [0.1, 0.15) is 0 Å². The average molecular weight is 272 g/mol. The molecule has 0 bridgehead atoms. The van der Waals surface area contributed by atoms with E-state index >= 15 is 0 Å². The molecule has 2 heterocycles. The number of carbonyl (C=O) groups is 1. The molecule has 0 spiro atoms. The van der Waals surface area contributed by atoms with E-state index in [0.717, 1.165) is 12.3 Å². The van der Waals surface area contributed by atoms with E-state index in [2.05, 4.69) is 20.3 Å². The molecule has 0 unspecified atom stereocenters. The molecule has 0 aliphatic carbocycles. The Morgan fingerprint density at radius 2 is 1.95 bits per heavy atom. The van der Waals surface area contributed by atoms with Crippen molar-refractivity contribution in [2.24, 2.45) is 0 Å². The number of nitrogens with zero attached hydrogens (tertiary/aromatic N) is 1. The van der Waals surface area contributed by atoms with Gasteiger partial charge in [0.05, 0.1) is 16.6 Å². The van der Waals surface area contributed by atoms with Crippen LogP contribution in [0.3, 0.4) is 0 Å². The normalized spacial score (nSPS) is 10.7. The quantitative estimate of drug-likeness (QED) is 0.619. The third-order valence-corrected chi connectivity index (χ3v) is 2.76. The second kappa shape index (κ2) is 4.61. The van der Waals surface area contributed by atoms with Gasteiger partial charge in [0, 0.05) is 11.9 Å². The second-order valence-corrected chi connectivity index (χ2v) is 4.16. The lowest BCUT2D eigenvalue weighted by atomic mass is 10.2. The fourth-order valence-electron chi connectivity index (χ4n) is 1.82. The van der Waals surface area contributed by atoms with E-state index in [1.54, 1.807) is 18.2 Å². The molecule has 1 aromatic carbocycles. The first-order chi connectivity index (χ1) is 9.61. The Kier molecular flexibility index (Phi) is 2.79. The van der Waals surface area contributed by atoms with Crippen LogP contribution in [0.1, 0.15) is 10.4 Å². The number of imidazole rings is 1. The van der Waals surface area contributed by atoms with Gasteiger partial charge in [-0.15, -0.1) is 0 Å². The molecule has 0 radical (unpaired) electrons. The fourth-order valence-corrected chi connectivity index (χ4v) is 1.82. The minimum absolute atomic E-state index is 0.244. The van der Waals surface area contributed by atoms with Gasteiger partial charge in [-0.1, -0.05) is 0 Å². The number of hydrogen-bond donors (Lipinski definition) is 3. The van der Waals surface area contributed by atoms with Crippen LogP contribution >= 0.6 is 0 Å². The fraction of sp³-hybridized carbons (Fsp3) is 0. The first-order valence-corrected chi connectivity index (χ1v) is 5.77. The zero-order valence-electron chi connectivity index (χ0n) is 10.1. The number of halogens is 1. The van der Waals surface area contributed by atoms with Crippen LogP contribution in [0.25, 0.3) is 11.0 Å². The van der Waals surface area contributed by atoms with Crippen molar-refractivity contribution in [1.82, 2.24) is 15.0 Å². The van der Waals surface area contributed by atoms with Crippen molar-refractivity contribution in [3.63, 3.8) is 0 Å². The number of carbonyl (C=O) groups excluding carboxylic acids is 1. The summed E-state index contributed by atoms with van der Waals surface area (Å²) in [4.78, 5) is 31.7. The number of anilines is 1. The lowest BCUT2D eigenvalue weighted by molar-refractivity contribution is 0.102. The minimum atomic E-state index is -0.645. The molecule has 0 saturated carbocycles. The average Bonchev–Trinajstić information content (AvgIpc) is 2.78. The van der Waals surface area contributed by atoms with Gasteiger partial charge in [-0.05, 0) is 30.3 Å². The van der Waals surface area contributed by atoms with Gasteiger partial charge in [0.15, 0.2) is 0 Å². The van der Waals surface area contributed by atoms with Crippen LogP contribution < -0.4 is 11.0 Å². The van der Waals surface area contributed by atoms with Crippen molar-refractivity contribution in [2.45, 2.75) is 0 Å². The molecule has 20 heavy (non-hydrogen) atoms. The van der Waals surface area contributed by atoms with Gasteiger partial charge in [0.25, 0.3) is 5.91 Å². The largest absolute Gasteiger partial charge is 0.323 e. The summed E-state index contributed by atoms with van der Waals surface area (Å²) in [6, 6.07) is 7.41. The Hall–Kier alpha value is -2.96. The van der Waals surface area contributed by atoms with Crippen LogP contribution in [-0.2, 0) is 0 Å². The molecule has 3 aromatic rings. The van der Waals surface area contributed by atoms with Crippen molar-refractivity contribution < 1.29 is 9.18 Å². The highest BCUT2D eigenvalue weighted by atomic mass is 19.1. The number of fused-ring (bicyclic) bond motifs is 1. The maximum atomic E-state index is 12.7. The number of pyridine rings is 1. The molecule has 0 aliphatic heterocycles. The highest BCUT2D eigenvalue weighted by Gasteiger charge is 2.08. The summed E-state index contributed by atoms with van der Waals surface area (Å²) in [5.41, 5.74) is 1.68. The summed E-state index contributed by atoms with van der Waals surface area (Å²) in [6.45, 7) is 0. The predicted octanol–water partition coefficient (Wildman–Crippen LogP) is 1.64. The summed E-state index contributed by atoms with van der Waals surface area (Å²) >= 11 is 0. The van der Waals surface area contributed by atoms with Crippen LogP contribution in [0.15, 0.2) is 41.3 Å². The molecule has 3 N–H and O–H groups in total. The van der Waals surface area contributed by atoms with Gasteiger partial charge >= 0.3 is 5.69 Å². The maximum Gasteiger partial charge on any atom is 0.323 e. The van der Waals surface area contributed by atoms with Crippen LogP contribution in [0.4, 0.5) is 10.1 Å². The Bertz CT molecular complexity index is 835. The summed E-state index contributed by atoms with van der Waals surface area (Å²) in [5.74, 6) is -1.05. The Balaban J connectivity index is 1.86. The third-order valence-electron chi connectivity index (χ3n) is 2.76. The van der Waals surface area contributed by atoms with Crippen LogP contribution in [-0.4, -0.2) is 20.9 Å². The number of H-pyrrole nitrogens is 2. The second-order valence-electron chi connectivity index (χ2n) is 4.16. The number of aromatic amines is 2. The van der Waals surface area contributed by atoms with Crippen molar-refractivity contribution in [2.75, 3.05) is 5.32 Å². The maximum absolute atomic E-state index is 12.7. The lowest BCUT2D eigenvalue weighted by Crippen LogP contribution is -2.12. The van der Waals surface area contributed by atoms with Gasteiger partial charge < -0.3 is 15.3 Å². The van der Waals surface area contributed by atoms with E-state index < -0.39 is 11.9 Å². The molecule has 0 atom stereocenters. The summed E-state index contributed by atoms with van der Waals surface area (Å²) in [7, 11) is 0. The Morgan fingerprint density at radius 1 is 1.15 bits per heavy atom. The Labute approximate surface area is 111 Å². The Morgan fingerprint density at radius 3 is 2.70 bits per heavy atom. The molecule has 3 rings (SSSR count). The highest BCUT2D eigenvalue weighted by Crippen LogP contribution is 2.15. The summed E-state index contributed by atoms with van der Waals surface area (Å²) in [5, 5.41) is 2.64. The number of rotatable bonds is 2. The number of hydrogen-bond acceptors (Lipinski definition) is 3. The minimum Gasteiger partial charge on any atom is -0.322 e. The zero-order chi connectivity index (χ0) is 14.1. The molecular weight excluding hydrogens is 263 g/mol. The smallest absolute Gasteiger partial charge is 0.322 e.